The van der Waals surface area contributed by atoms with Gasteiger partial charge in [-0.05, 0) is 24.3 Å². The fraction of sp³-hybridized carbons (Fsp3) is 0.385. The van der Waals surface area contributed by atoms with Gasteiger partial charge in [-0.25, -0.2) is 0 Å². The molecule has 1 aromatic rings. The highest BCUT2D eigenvalue weighted by molar-refractivity contribution is 9.09. The average Bonchev–Trinajstić information content (AvgIpc) is 2.31. The van der Waals surface area contributed by atoms with E-state index in [1.807, 2.05) is 13.8 Å². The Morgan fingerprint density at radius 3 is 2.06 bits per heavy atom. The molecule has 1 rings (SSSR count). The molecule has 0 aliphatic heterocycles. The van der Waals surface area contributed by atoms with Crippen molar-refractivity contribution in [2.75, 3.05) is 16.0 Å². The van der Waals surface area contributed by atoms with Crippen LogP contribution in [0.25, 0.3) is 0 Å². The first-order valence-electron chi connectivity index (χ1n) is 5.79. The van der Waals surface area contributed by atoms with Crippen molar-refractivity contribution in [3.8, 4) is 0 Å². The zero-order chi connectivity index (χ0) is 13.5. The topological polar surface area (TPSA) is 58.2 Å². The van der Waals surface area contributed by atoms with Crippen molar-refractivity contribution in [1.82, 2.24) is 0 Å². The van der Waals surface area contributed by atoms with E-state index in [0.717, 1.165) is 11.4 Å². The lowest BCUT2D eigenvalue weighted by Crippen LogP contribution is -2.17. The zero-order valence-corrected chi connectivity index (χ0v) is 12.1. The fourth-order valence-electron chi connectivity index (χ4n) is 1.23. The van der Waals surface area contributed by atoms with Crippen LogP contribution in [0, 0.1) is 5.92 Å². The number of anilines is 2. The smallest absolute Gasteiger partial charge is 0.226 e. The van der Waals surface area contributed by atoms with Gasteiger partial charge in [0.25, 0.3) is 0 Å². The highest BCUT2D eigenvalue weighted by atomic mass is 79.9. The molecule has 0 aliphatic rings. The molecule has 2 amide bonds. The highest BCUT2D eigenvalue weighted by Gasteiger charge is 2.07. The Kier molecular flexibility index (Phi) is 5.85. The molecule has 0 saturated heterocycles. The minimum Gasteiger partial charge on any atom is -0.326 e. The molecule has 0 unspecified atom stereocenters. The second kappa shape index (κ2) is 7.16. The van der Waals surface area contributed by atoms with Gasteiger partial charge in [0, 0.05) is 29.0 Å². The van der Waals surface area contributed by atoms with Crippen LogP contribution < -0.4 is 10.6 Å². The van der Waals surface area contributed by atoms with Gasteiger partial charge in [-0.3, -0.25) is 9.59 Å². The van der Waals surface area contributed by atoms with Crippen molar-refractivity contribution in [3.63, 3.8) is 0 Å². The van der Waals surface area contributed by atoms with Crippen molar-refractivity contribution in [2.45, 2.75) is 20.3 Å². The number of hydrogen-bond donors (Lipinski definition) is 2. The second-order valence-corrected chi connectivity index (χ2v) is 5.00. The van der Waals surface area contributed by atoms with Crippen LogP contribution in [0.5, 0.6) is 0 Å². The van der Waals surface area contributed by atoms with Crippen LogP contribution >= 0.6 is 15.9 Å². The number of carbonyl (C=O) groups excluding carboxylic acids is 2. The predicted molar refractivity (Wildman–Crippen MR) is 77.0 cm³/mol. The van der Waals surface area contributed by atoms with E-state index >= 15 is 0 Å². The summed E-state index contributed by atoms with van der Waals surface area (Å²) in [6.45, 7) is 3.68. The summed E-state index contributed by atoms with van der Waals surface area (Å²) in [5.74, 6) is -0.111. The molecule has 1 aromatic carbocycles. The Hall–Kier alpha value is -1.36. The molecular weight excluding hydrogens is 296 g/mol. The van der Waals surface area contributed by atoms with Crippen LogP contribution in [0.3, 0.4) is 0 Å². The lowest BCUT2D eigenvalue weighted by atomic mass is 10.2. The number of halogens is 1. The normalized spacial score (nSPS) is 10.2. The van der Waals surface area contributed by atoms with Crippen LogP contribution in [0.2, 0.25) is 0 Å². The van der Waals surface area contributed by atoms with Crippen LogP contribution in [-0.2, 0) is 9.59 Å². The largest absolute Gasteiger partial charge is 0.326 e. The lowest BCUT2D eigenvalue weighted by molar-refractivity contribution is -0.119. The van der Waals surface area contributed by atoms with Crippen LogP contribution in [0.1, 0.15) is 20.3 Å². The minimum absolute atomic E-state index is 0.0222. The molecule has 0 fully saturated rings. The van der Waals surface area contributed by atoms with Gasteiger partial charge < -0.3 is 10.6 Å². The summed E-state index contributed by atoms with van der Waals surface area (Å²) in [4.78, 5) is 22.8. The van der Waals surface area contributed by atoms with Gasteiger partial charge >= 0.3 is 0 Å². The fourth-order valence-corrected chi connectivity index (χ4v) is 1.59. The Morgan fingerprint density at radius 2 is 1.61 bits per heavy atom. The average molecular weight is 313 g/mol. The Labute approximate surface area is 115 Å². The molecule has 0 spiro atoms. The molecule has 98 valence electrons. The third kappa shape index (κ3) is 4.87. The van der Waals surface area contributed by atoms with Gasteiger partial charge in [-0.2, -0.15) is 0 Å². The molecule has 0 aromatic heterocycles. The van der Waals surface area contributed by atoms with E-state index in [9.17, 15) is 9.59 Å². The molecule has 0 aliphatic carbocycles. The summed E-state index contributed by atoms with van der Waals surface area (Å²) in [7, 11) is 0. The molecule has 0 radical (unpaired) electrons. The SMILES string of the molecule is CC(C)C(=O)Nc1ccc(NC(=O)CCBr)cc1. The van der Waals surface area contributed by atoms with Gasteiger partial charge in [-0.1, -0.05) is 29.8 Å². The van der Waals surface area contributed by atoms with Crippen molar-refractivity contribution in [2.24, 2.45) is 5.92 Å². The summed E-state index contributed by atoms with van der Waals surface area (Å²) in [5, 5.41) is 6.19. The van der Waals surface area contributed by atoms with Gasteiger partial charge in [0.1, 0.15) is 0 Å². The molecule has 4 nitrogen and oxygen atoms in total. The van der Waals surface area contributed by atoms with Gasteiger partial charge in [0.05, 0.1) is 0 Å². The molecule has 18 heavy (non-hydrogen) atoms. The van der Waals surface area contributed by atoms with Crippen LogP contribution in [0.15, 0.2) is 24.3 Å². The molecule has 0 saturated carbocycles. The third-order valence-electron chi connectivity index (χ3n) is 2.28. The van der Waals surface area contributed by atoms with Gasteiger partial charge in [-0.15, -0.1) is 0 Å². The van der Waals surface area contributed by atoms with Crippen molar-refractivity contribution >= 4 is 39.1 Å². The number of hydrogen-bond acceptors (Lipinski definition) is 2. The van der Waals surface area contributed by atoms with Crippen molar-refractivity contribution in [3.05, 3.63) is 24.3 Å². The minimum atomic E-state index is -0.0525. The number of nitrogens with one attached hydrogen (secondary N) is 2. The molecular formula is C13H17BrN2O2. The molecule has 2 N–H and O–H groups in total. The van der Waals surface area contributed by atoms with E-state index in [1.165, 1.54) is 0 Å². The Bertz CT molecular complexity index is 416. The van der Waals surface area contributed by atoms with Crippen molar-refractivity contribution in [1.29, 1.82) is 0 Å². The van der Waals surface area contributed by atoms with E-state index in [1.54, 1.807) is 24.3 Å². The summed E-state index contributed by atoms with van der Waals surface area (Å²) in [6.07, 6.45) is 0.436. The van der Waals surface area contributed by atoms with E-state index in [0.29, 0.717) is 11.8 Å². The van der Waals surface area contributed by atoms with Crippen LogP contribution in [-0.4, -0.2) is 17.1 Å². The van der Waals surface area contributed by atoms with Crippen LogP contribution in [0.4, 0.5) is 11.4 Å². The number of benzene rings is 1. The first-order valence-corrected chi connectivity index (χ1v) is 6.92. The Balaban J connectivity index is 2.57. The van der Waals surface area contributed by atoms with Gasteiger partial charge in [0.2, 0.25) is 11.8 Å². The van der Waals surface area contributed by atoms with Crippen molar-refractivity contribution < 1.29 is 9.59 Å². The number of alkyl halides is 1. The maximum absolute atomic E-state index is 11.5. The number of amides is 2. The third-order valence-corrected chi connectivity index (χ3v) is 2.68. The number of rotatable bonds is 5. The lowest BCUT2D eigenvalue weighted by Gasteiger charge is -2.09. The summed E-state index contributed by atoms with van der Waals surface area (Å²) in [6, 6.07) is 7.07. The molecule has 5 heteroatoms. The quantitative estimate of drug-likeness (QED) is 0.821. The maximum atomic E-state index is 11.5. The molecule has 0 heterocycles. The second-order valence-electron chi connectivity index (χ2n) is 4.21. The van der Waals surface area contributed by atoms with E-state index in [4.69, 9.17) is 0 Å². The summed E-state index contributed by atoms with van der Waals surface area (Å²) >= 11 is 3.21. The summed E-state index contributed by atoms with van der Waals surface area (Å²) in [5.41, 5.74) is 1.45. The first-order chi connectivity index (χ1) is 8.52. The van der Waals surface area contributed by atoms with E-state index in [-0.39, 0.29) is 17.7 Å². The first kappa shape index (κ1) is 14.7. The summed E-state index contributed by atoms with van der Waals surface area (Å²) < 4.78 is 0. The maximum Gasteiger partial charge on any atom is 0.226 e. The zero-order valence-electron chi connectivity index (χ0n) is 10.5. The van der Waals surface area contributed by atoms with E-state index in [2.05, 4.69) is 26.6 Å². The number of carbonyl (C=O) groups is 2. The molecule has 0 bridgehead atoms. The predicted octanol–water partition coefficient (Wildman–Crippen LogP) is 3.00. The van der Waals surface area contributed by atoms with Gasteiger partial charge in [0.15, 0.2) is 0 Å². The monoisotopic (exact) mass is 312 g/mol. The molecule has 0 atom stereocenters. The standard InChI is InChI=1S/C13H17BrN2O2/c1-9(2)13(18)16-11-5-3-10(4-6-11)15-12(17)7-8-14/h3-6,9H,7-8H2,1-2H3,(H,15,17)(H,16,18). The van der Waals surface area contributed by atoms with E-state index < -0.39 is 0 Å². The Morgan fingerprint density at radius 1 is 1.11 bits per heavy atom. The highest BCUT2D eigenvalue weighted by Crippen LogP contribution is 2.14.